The van der Waals surface area contributed by atoms with Gasteiger partial charge in [0.15, 0.2) is 6.61 Å². The second kappa shape index (κ2) is 9.07. The number of hydrogen-bond donors (Lipinski definition) is 2. The SMILES string of the molecule is CCc1ccc(OCC(=O)Nc2cccc(NC(=O)N3CCCC3)c2)cc1. The van der Waals surface area contributed by atoms with Crippen molar-refractivity contribution in [3.8, 4) is 5.75 Å². The van der Waals surface area contributed by atoms with E-state index in [9.17, 15) is 9.59 Å². The van der Waals surface area contributed by atoms with Crippen LogP contribution in [-0.4, -0.2) is 36.5 Å². The van der Waals surface area contributed by atoms with Crippen molar-refractivity contribution in [3.05, 3.63) is 54.1 Å². The van der Waals surface area contributed by atoms with Crippen LogP contribution in [0.3, 0.4) is 0 Å². The summed E-state index contributed by atoms with van der Waals surface area (Å²) in [6, 6.07) is 14.7. The maximum atomic E-state index is 12.2. The Morgan fingerprint density at radius 2 is 1.67 bits per heavy atom. The Bertz CT molecular complexity index is 784. The lowest BCUT2D eigenvalue weighted by Crippen LogP contribution is -2.32. The summed E-state index contributed by atoms with van der Waals surface area (Å²) in [4.78, 5) is 26.1. The Balaban J connectivity index is 1.50. The number of ether oxygens (including phenoxy) is 1. The number of benzene rings is 2. The quantitative estimate of drug-likeness (QED) is 0.814. The smallest absolute Gasteiger partial charge is 0.321 e. The van der Waals surface area contributed by atoms with Gasteiger partial charge in [-0.15, -0.1) is 0 Å². The van der Waals surface area contributed by atoms with Crippen LogP contribution >= 0.6 is 0 Å². The normalized spacial score (nSPS) is 13.3. The number of hydrogen-bond acceptors (Lipinski definition) is 3. The van der Waals surface area contributed by atoms with Gasteiger partial charge < -0.3 is 20.3 Å². The first kappa shape index (κ1) is 18.8. The van der Waals surface area contributed by atoms with Gasteiger partial charge in [-0.05, 0) is 55.2 Å². The van der Waals surface area contributed by atoms with Crippen LogP contribution in [0.2, 0.25) is 0 Å². The Morgan fingerprint density at radius 3 is 2.33 bits per heavy atom. The molecule has 0 aliphatic carbocycles. The minimum Gasteiger partial charge on any atom is -0.484 e. The highest BCUT2D eigenvalue weighted by atomic mass is 16.5. The summed E-state index contributed by atoms with van der Waals surface area (Å²) in [5, 5.41) is 5.66. The van der Waals surface area contributed by atoms with Crippen molar-refractivity contribution < 1.29 is 14.3 Å². The molecule has 0 bridgehead atoms. The van der Waals surface area contributed by atoms with Crippen LogP contribution < -0.4 is 15.4 Å². The molecule has 3 amide bonds. The maximum Gasteiger partial charge on any atom is 0.321 e. The van der Waals surface area contributed by atoms with E-state index in [1.165, 1.54) is 5.56 Å². The minimum absolute atomic E-state index is 0.0736. The lowest BCUT2D eigenvalue weighted by molar-refractivity contribution is -0.118. The van der Waals surface area contributed by atoms with E-state index >= 15 is 0 Å². The van der Waals surface area contributed by atoms with Gasteiger partial charge in [-0.3, -0.25) is 4.79 Å². The van der Waals surface area contributed by atoms with E-state index in [0.717, 1.165) is 32.4 Å². The van der Waals surface area contributed by atoms with Crippen molar-refractivity contribution in [2.45, 2.75) is 26.2 Å². The lowest BCUT2D eigenvalue weighted by Gasteiger charge is -2.16. The summed E-state index contributed by atoms with van der Waals surface area (Å²) in [7, 11) is 0. The molecule has 2 N–H and O–H groups in total. The summed E-state index contributed by atoms with van der Waals surface area (Å²) in [5.41, 5.74) is 2.49. The van der Waals surface area contributed by atoms with Crippen molar-refractivity contribution in [2.75, 3.05) is 30.3 Å². The molecule has 0 spiro atoms. The molecule has 0 aromatic heterocycles. The fourth-order valence-corrected chi connectivity index (χ4v) is 2.96. The van der Waals surface area contributed by atoms with Crippen LogP contribution in [0.5, 0.6) is 5.75 Å². The molecule has 6 heteroatoms. The van der Waals surface area contributed by atoms with E-state index in [0.29, 0.717) is 17.1 Å². The number of anilines is 2. The van der Waals surface area contributed by atoms with Crippen molar-refractivity contribution in [3.63, 3.8) is 0 Å². The third-order valence-electron chi connectivity index (χ3n) is 4.49. The number of urea groups is 1. The molecule has 2 aromatic rings. The van der Waals surface area contributed by atoms with Gasteiger partial charge in [-0.2, -0.15) is 0 Å². The summed E-state index contributed by atoms with van der Waals surface area (Å²) < 4.78 is 5.51. The Labute approximate surface area is 159 Å². The van der Waals surface area contributed by atoms with E-state index in [-0.39, 0.29) is 18.5 Å². The lowest BCUT2D eigenvalue weighted by atomic mass is 10.2. The highest BCUT2D eigenvalue weighted by Gasteiger charge is 2.17. The number of carbonyl (C=O) groups is 2. The van der Waals surface area contributed by atoms with Gasteiger partial charge in [0, 0.05) is 24.5 Å². The molecule has 1 aliphatic heterocycles. The van der Waals surface area contributed by atoms with Crippen LogP contribution in [0.1, 0.15) is 25.3 Å². The summed E-state index contributed by atoms with van der Waals surface area (Å²) in [5.74, 6) is 0.409. The van der Waals surface area contributed by atoms with Gasteiger partial charge in [-0.1, -0.05) is 25.1 Å². The molecule has 0 unspecified atom stereocenters. The van der Waals surface area contributed by atoms with Gasteiger partial charge in [0.1, 0.15) is 5.75 Å². The first-order valence-electron chi connectivity index (χ1n) is 9.31. The zero-order valence-electron chi connectivity index (χ0n) is 15.5. The van der Waals surface area contributed by atoms with Crippen LogP contribution in [0, 0.1) is 0 Å². The molecule has 3 rings (SSSR count). The van der Waals surface area contributed by atoms with E-state index in [4.69, 9.17) is 4.74 Å². The van der Waals surface area contributed by atoms with Gasteiger partial charge in [-0.25, -0.2) is 4.79 Å². The van der Waals surface area contributed by atoms with Gasteiger partial charge in [0.25, 0.3) is 5.91 Å². The molecular weight excluding hydrogens is 342 g/mol. The Hall–Kier alpha value is -3.02. The average Bonchev–Trinajstić information content (AvgIpc) is 3.22. The first-order valence-corrected chi connectivity index (χ1v) is 9.31. The molecule has 2 aromatic carbocycles. The third-order valence-corrected chi connectivity index (χ3v) is 4.49. The van der Waals surface area contributed by atoms with Crippen molar-refractivity contribution in [2.24, 2.45) is 0 Å². The highest BCUT2D eigenvalue weighted by Crippen LogP contribution is 2.17. The number of rotatable bonds is 6. The second-order valence-electron chi connectivity index (χ2n) is 6.54. The molecule has 1 saturated heterocycles. The zero-order valence-corrected chi connectivity index (χ0v) is 15.5. The fourth-order valence-electron chi connectivity index (χ4n) is 2.96. The molecule has 0 saturated carbocycles. The number of likely N-dealkylation sites (tertiary alicyclic amines) is 1. The molecule has 0 radical (unpaired) electrons. The van der Waals surface area contributed by atoms with Crippen molar-refractivity contribution in [1.82, 2.24) is 4.90 Å². The van der Waals surface area contributed by atoms with E-state index in [1.807, 2.05) is 24.3 Å². The second-order valence-corrected chi connectivity index (χ2v) is 6.54. The number of aryl methyl sites for hydroxylation is 1. The first-order chi connectivity index (χ1) is 13.1. The zero-order chi connectivity index (χ0) is 19.1. The summed E-state index contributed by atoms with van der Waals surface area (Å²) >= 11 is 0. The Kier molecular flexibility index (Phi) is 6.30. The monoisotopic (exact) mass is 367 g/mol. The highest BCUT2D eigenvalue weighted by molar-refractivity contribution is 5.94. The topological polar surface area (TPSA) is 70.7 Å². The minimum atomic E-state index is -0.252. The fraction of sp³-hybridized carbons (Fsp3) is 0.333. The molecule has 142 valence electrons. The van der Waals surface area contributed by atoms with Crippen molar-refractivity contribution >= 4 is 23.3 Å². The van der Waals surface area contributed by atoms with Crippen LogP contribution in [0.4, 0.5) is 16.2 Å². The predicted octanol–water partition coefficient (Wildman–Crippen LogP) is 3.89. The molecule has 27 heavy (non-hydrogen) atoms. The average molecular weight is 367 g/mol. The summed E-state index contributed by atoms with van der Waals surface area (Å²) in [6.45, 7) is 3.60. The summed E-state index contributed by atoms with van der Waals surface area (Å²) in [6.07, 6.45) is 3.06. The number of carbonyl (C=O) groups excluding carboxylic acids is 2. The van der Waals surface area contributed by atoms with Crippen LogP contribution in [0.15, 0.2) is 48.5 Å². The van der Waals surface area contributed by atoms with E-state index < -0.39 is 0 Å². The van der Waals surface area contributed by atoms with Gasteiger partial charge in [0.2, 0.25) is 0 Å². The molecule has 1 heterocycles. The van der Waals surface area contributed by atoms with Gasteiger partial charge in [0.05, 0.1) is 0 Å². The molecule has 0 atom stereocenters. The number of amides is 3. The Morgan fingerprint density at radius 1 is 1.00 bits per heavy atom. The third kappa shape index (κ3) is 5.48. The molecule has 6 nitrogen and oxygen atoms in total. The largest absolute Gasteiger partial charge is 0.484 e. The molecule has 1 fully saturated rings. The van der Waals surface area contributed by atoms with Crippen LogP contribution in [-0.2, 0) is 11.2 Å². The standard InChI is InChI=1S/C21H25N3O3/c1-2-16-8-10-19(11-9-16)27-15-20(25)22-17-6-5-7-18(14-17)23-21(26)24-12-3-4-13-24/h5-11,14H,2-4,12-13,15H2,1H3,(H,22,25)(H,23,26). The van der Waals surface area contributed by atoms with Gasteiger partial charge >= 0.3 is 6.03 Å². The molecular formula is C21H25N3O3. The van der Waals surface area contributed by atoms with Crippen LogP contribution in [0.25, 0.3) is 0 Å². The molecule has 1 aliphatic rings. The van der Waals surface area contributed by atoms with E-state index in [1.54, 1.807) is 29.2 Å². The maximum absolute atomic E-state index is 12.2. The van der Waals surface area contributed by atoms with Crippen molar-refractivity contribution in [1.29, 1.82) is 0 Å². The predicted molar refractivity (Wildman–Crippen MR) is 106 cm³/mol. The number of nitrogens with zero attached hydrogens (tertiary/aromatic N) is 1. The van der Waals surface area contributed by atoms with E-state index in [2.05, 4.69) is 17.6 Å². The number of nitrogens with one attached hydrogen (secondary N) is 2.